The summed E-state index contributed by atoms with van der Waals surface area (Å²) in [6.45, 7) is 2.66. The lowest BCUT2D eigenvalue weighted by atomic mass is 9.97. The molecule has 1 amide bonds. The van der Waals surface area contributed by atoms with Gasteiger partial charge in [0, 0.05) is 43.1 Å². The van der Waals surface area contributed by atoms with E-state index in [1.807, 2.05) is 12.1 Å². The summed E-state index contributed by atoms with van der Waals surface area (Å²) in [5.74, 6) is 0.467. The lowest BCUT2D eigenvalue weighted by Gasteiger charge is -2.30. The predicted octanol–water partition coefficient (Wildman–Crippen LogP) is 3.42. The molecule has 32 heavy (non-hydrogen) atoms. The minimum Gasteiger partial charge on any atom is -0.352 e. The average molecular weight is 475 g/mol. The maximum absolute atomic E-state index is 13.1. The Bertz CT molecular complexity index is 1200. The highest BCUT2D eigenvalue weighted by Crippen LogP contribution is 2.26. The number of sulfonamides is 1. The third-order valence-corrected chi connectivity index (χ3v) is 7.61. The Kier molecular flexibility index (Phi) is 6.59. The highest BCUT2D eigenvalue weighted by molar-refractivity contribution is 7.89. The standard InChI is InChI=1S/C22H23ClN4O4S/c1-15-25-21(26-31-15)18-3-2-4-20(13-18)32(29,30)27-11-9-17(10-12-27)22(28)24-14-16-5-7-19(23)8-6-16/h2-8,13,17H,9-12,14H2,1H3,(H,24,28). The number of aromatic nitrogens is 2. The first-order valence-electron chi connectivity index (χ1n) is 10.3. The summed E-state index contributed by atoms with van der Waals surface area (Å²) in [6.07, 6.45) is 0.935. The van der Waals surface area contributed by atoms with Gasteiger partial charge in [0.05, 0.1) is 4.90 Å². The SMILES string of the molecule is Cc1nc(-c2cccc(S(=O)(=O)N3CCC(C(=O)NCc4ccc(Cl)cc4)CC3)c2)no1. The topological polar surface area (TPSA) is 105 Å². The van der Waals surface area contributed by atoms with Crippen LogP contribution in [0.25, 0.3) is 11.4 Å². The van der Waals surface area contributed by atoms with E-state index in [0.29, 0.717) is 41.7 Å². The van der Waals surface area contributed by atoms with Gasteiger partial charge in [0.1, 0.15) is 0 Å². The molecule has 0 radical (unpaired) electrons. The normalized spacial score (nSPS) is 15.6. The first-order chi connectivity index (χ1) is 15.3. The number of nitrogens with zero attached hydrogens (tertiary/aromatic N) is 3. The molecule has 0 saturated carbocycles. The largest absolute Gasteiger partial charge is 0.352 e. The van der Waals surface area contributed by atoms with E-state index in [2.05, 4.69) is 15.5 Å². The number of benzene rings is 2. The summed E-state index contributed by atoms with van der Waals surface area (Å²) in [5, 5.41) is 7.42. The Morgan fingerprint density at radius 1 is 1.19 bits per heavy atom. The third-order valence-electron chi connectivity index (χ3n) is 5.46. The minimum absolute atomic E-state index is 0.0635. The number of aryl methyl sites for hydroxylation is 1. The van der Waals surface area contributed by atoms with Crippen molar-refractivity contribution in [3.05, 3.63) is 65.0 Å². The van der Waals surface area contributed by atoms with Crippen LogP contribution in [0.2, 0.25) is 5.02 Å². The molecular formula is C22H23ClN4O4S. The van der Waals surface area contributed by atoms with Crippen LogP contribution in [0.4, 0.5) is 0 Å². The second-order valence-corrected chi connectivity index (χ2v) is 10.1. The first kappa shape index (κ1) is 22.4. The van der Waals surface area contributed by atoms with E-state index < -0.39 is 10.0 Å². The van der Waals surface area contributed by atoms with Crippen molar-refractivity contribution in [3.63, 3.8) is 0 Å². The van der Waals surface area contributed by atoms with Gasteiger partial charge in [0.2, 0.25) is 27.6 Å². The molecule has 2 aromatic carbocycles. The quantitative estimate of drug-likeness (QED) is 0.586. The summed E-state index contributed by atoms with van der Waals surface area (Å²) < 4.78 is 32.7. The van der Waals surface area contributed by atoms with Crippen LogP contribution in [0.1, 0.15) is 24.3 Å². The smallest absolute Gasteiger partial charge is 0.243 e. The molecular weight excluding hydrogens is 452 g/mol. The summed E-state index contributed by atoms with van der Waals surface area (Å²) in [7, 11) is -3.69. The number of halogens is 1. The van der Waals surface area contributed by atoms with Gasteiger partial charge in [-0.1, -0.05) is 41.0 Å². The Morgan fingerprint density at radius 3 is 2.56 bits per heavy atom. The van der Waals surface area contributed by atoms with Crippen LogP contribution in [0.15, 0.2) is 57.9 Å². The number of carbonyl (C=O) groups excluding carboxylic acids is 1. The van der Waals surface area contributed by atoms with Crippen molar-refractivity contribution in [2.45, 2.75) is 31.2 Å². The van der Waals surface area contributed by atoms with Crippen molar-refractivity contribution in [2.75, 3.05) is 13.1 Å². The van der Waals surface area contributed by atoms with Crippen molar-refractivity contribution in [2.24, 2.45) is 5.92 Å². The van der Waals surface area contributed by atoms with Gasteiger partial charge in [0.15, 0.2) is 0 Å². The highest BCUT2D eigenvalue weighted by atomic mass is 35.5. The van der Waals surface area contributed by atoms with E-state index in [9.17, 15) is 13.2 Å². The molecule has 2 heterocycles. The molecule has 4 rings (SSSR count). The van der Waals surface area contributed by atoms with Crippen LogP contribution in [0.3, 0.4) is 0 Å². The Labute approximate surface area is 191 Å². The van der Waals surface area contributed by atoms with Gasteiger partial charge in [-0.05, 0) is 42.7 Å². The van der Waals surface area contributed by atoms with E-state index in [1.165, 1.54) is 4.31 Å². The fourth-order valence-electron chi connectivity index (χ4n) is 3.66. The van der Waals surface area contributed by atoms with Crippen LogP contribution < -0.4 is 5.32 Å². The van der Waals surface area contributed by atoms with E-state index in [0.717, 1.165) is 5.56 Å². The van der Waals surface area contributed by atoms with Crippen LogP contribution in [0.5, 0.6) is 0 Å². The Balaban J connectivity index is 1.37. The summed E-state index contributed by atoms with van der Waals surface area (Å²) in [5.41, 5.74) is 1.53. The molecule has 1 fully saturated rings. The Hall–Kier alpha value is -2.75. The molecule has 0 unspecified atom stereocenters. The lowest BCUT2D eigenvalue weighted by Crippen LogP contribution is -2.42. The highest BCUT2D eigenvalue weighted by Gasteiger charge is 2.32. The molecule has 1 aromatic heterocycles. The van der Waals surface area contributed by atoms with Crippen LogP contribution in [-0.2, 0) is 21.4 Å². The summed E-state index contributed by atoms with van der Waals surface area (Å²) in [4.78, 5) is 16.9. The van der Waals surface area contributed by atoms with Crippen molar-refractivity contribution >= 4 is 27.5 Å². The molecule has 0 bridgehead atoms. The molecule has 0 atom stereocenters. The zero-order chi connectivity index (χ0) is 22.7. The fourth-order valence-corrected chi connectivity index (χ4v) is 5.30. The summed E-state index contributed by atoms with van der Waals surface area (Å²) >= 11 is 5.88. The average Bonchev–Trinajstić information content (AvgIpc) is 3.25. The number of nitrogens with one attached hydrogen (secondary N) is 1. The molecule has 1 aliphatic rings. The van der Waals surface area contributed by atoms with Gasteiger partial charge in [-0.2, -0.15) is 9.29 Å². The summed E-state index contributed by atoms with van der Waals surface area (Å²) in [6, 6.07) is 13.8. The molecule has 1 N–H and O–H groups in total. The second kappa shape index (κ2) is 9.40. The van der Waals surface area contributed by atoms with E-state index in [-0.39, 0.29) is 29.8 Å². The number of carbonyl (C=O) groups is 1. The molecule has 1 saturated heterocycles. The van der Waals surface area contributed by atoms with E-state index in [4.69, 9.17) is 16.1 Å². The fraction of sp³-hybridized carbons (Fsp3) is 0.318. The maximum atomic E-state index is 13.1. The number of piperidine rings is 1. The number of hydrogen-bond acceptors (Lipinski definition) is 6. The Morgan fingerprint density at radius 2 is 1.91 bits per heavy atom. The van der Waals surface area contributed by atoms with Crippen LogP contribution in [-0.4, -0.2) is 41.9 Å². The van der Waals surface area contributed by atoms with Crippen molar-refractivity contribution in [1.82, 2.24) is 19.8 Å². The van der Waals surface area contributed by atoms with Gasteiger partial charge in [-0.15, -0.1) is 0 Å². The monoisotopic (exact) mass is 474 g/mol. The molecule has 8 nitrogen and oxygen atoms in total. The molecule has 10 heteroatoms. The predicted molar refractivity (Wildman–Crippen MR) is 119 cm³/mol. The van der Waals surface area contributed by atoms with Gasteiger partial charge in [0.25, 0.3) is 0 Å². The van der Waals surface area contributed by atoms with Crippen LogP contribution in [0, 0.1) is 12.8 Å². The first-order valence-corrected chi connectivity index (χ1v) is 12.1. The molecule has 3 aromatic rings. The number of amides is 1. The zero-order valence-electron chi connectivity index (χ0n) is 17.5. The second-order valence-electron chi connectivity index (χ2n) is 7.69. The minimum atomic E-state index is -3.69. The number of rotatable bonds is 6. The van der Waals surface area contributed by atoms with E-state index >= 15 is 0 Å². The van der Waals surface area contributed by atoms with Gasteiger partial charge in [-0.3, -0.25) is 4.79 Å². The van der Waals surface area contributed by atoms with Gasteiger partial charge >= 0.3 is 0 Å². The van der Waals surface area contributed by atoms with Crippen molar-refractivity contribution in [1.29, 1.82) is 0 Å². The molecule has 168 valence electrons. The van der Waals surface area contributed by atoms with E-state index in [1.54, 1.807) is 43.3 Å². The lowest BCUT2D eigenvalue weighted by molar-refractivity contribution is -0.126. The third kappa shape index (κ3) is 5.01. The molecule has 0 aliphatic carbocycles. The van der Waals surface area contributed by atoms with Crippen LogP contribution >= 0.6 is 11.6 Å². The molecule has 0 spiro atoms. The molecule has 1 aliphatic heterocycles. The van der Waals surface area contributed by atoms with Gasteiger partial charge in [-0.25, -0.2) is 8.42 Å². The van der Waals surface area contributed by atoms with Crippen molar-refractivity contribution < 1.29 is 17.7 Å². The van der Waals surface area contributed by atoms with Gasteiger partial charge < -0.3 is 9.84 Å². The van der Waals surface area contributed by atoms with Crippen molar-refractivity contribution in [3.8, 4) is 11.4 Å². The zero-order valence-corrected chi connectivity index (χ0v) is 19.1. The number of hydrogen-bond donors (Lipinski definition) is 1. The maximum Gasteiger partial charge on any atom is 0.243 e.